The molecule has 0 amide bonds. The maximum atomic E-state index is 12.2. The summed E-state index contributed by atoms with van der Waals surface area (Å²) in [7, 11) is 0. The molecule has 2 aromatic rings. The van der Waals surface area contributed by atoms with Crippen molar-refractivity contribution >= 4 is 17.6 Å². The first-order chi connectivity index (χ1) is 9.96. The second-order valence-electron chi connectivity index (χ2n) is 5.65. The second-order valence-corrected chi connectivity index (χ2v) is 6.06. The van der Waals surface area contributed by atoms with Crippen molar-refractivity contribution in [3.63, 3.8) is 0 Å². The first kappa shape index (κ1) is 14.0. The van der Waals surface area contributed by atoms with Gasteiger partial charge in [-0.15, -0.1) is 0 Å². The number of fused-ring (bicyclic) bond motifs is 1. The Kier molecular flexibility index (Phi) is 3.38. The molecule has 3 rings (SSSR count). The third-order valence-electron chi connectivity index (χ3n) is 3.35. The van der Waals surface area contributed by atoms with Gasteiger partial charge in [0, 0.05) is 12.0 Å². The van der Waals surface area contributed by atoms with E-state index in [2.05, 4.69) is 0 Å². The summed E-state index contributed by atoms with van der Waals surface area (Å²) in [5.74, 6) is 0.591. The van der Waals surface area contributed by atoms with Crippen LogP contribution < -0.4 is 9.47 Å². The molecule has 0 fully saturated rings. The molecule has 0 atom stereocenters. The molecule has 1 aliphatic rings. The van der Waals surface area contributed by atoms with Gasteiger partial charge in [0.1, 0.15) is 5.60 Å². The fourth-order valence-corrected chi connectivity index (χ4v) is 2.66. The molecule has 21 heavy (non-hydrogen) atoms. The number of hydrogen-bond donors (Lipinski definition) is 0. The van der Waals surface area contributed by atoms with Crippen LogP contribution in [-0.4, -0.2) is 11.6 Å². The van der Waals surface area contributed by atoms with Gasteiger partial charge < -0.3 is 9.47 Å². The van der Waals surface area contributed by atoms with Crippen LogP contribution in [0.15, 0.2) is 42.5 Å². The number of benzene rings is 2. The van der Waals surface area contributed by atoms with E-state index in [1.165, 1.54) is 0 Å². The molecule has 0 saturated heterocycles. The van der Waals surface area contributed by atoms with Gasteiger partial charge in [-0.05, 0) is 32.0 Å². The summed E-state index contributed by atoms with van der Waals surface area (Å²) in [5, 5.41) is 0.372. The predicted octanol–water partition coefficient (Wildman–Crippen LogP) is 4.27. The van der Waals surface area contributed by atoms with Gasteiger partial charge in [-0.1, -0.05) is 35.9 Å². The van der Waals surface area contributed by atoms with Crippen molar-refractivity contribution in [1.82, 2.24) is 0 Å². The molecule has 0 aromatic heterocycles. The van der Waals surface area contributed by atoms with Gasteiger partial charge in [-0.3, -0.25) is 0 Å². The lowest BCUT2D eigenvalue weighted by Gasteiger charge is -2.18. The summed E-state index contributed by atoms with van der Waals surface area (Å²) in [6, 6.07) is 12.4. The highest BCUT2D eigenvalue weighted by Crippen LogP contribution is 2.42. The highest BCUT2D eigenvalue weighted by atomic mass is 35.5. The van der Waals surface area contributed by atoms with Crippen LogP contribution >= 0.6 is 11.6 Å². The molecule has 0 spiro atoms. The number of carbonyl (C=O) groups excluding carboxylic acids is 1. The molecule has 0 saturated carbocycles. The van der Waals surface area contributed by atoms with Gasteiger partial charge in [0.15, 0.2) is 11.5 Å². The summed E-state index contributed by atoms with van der Waals surface area (Å²) >= 11 is 6.02. The predicted molar refractivity (Wildman–Crippen MR) is 81.3 cm³/mol. The van der Waals surface area contributed by atoms with Crippen LogP contribution in [0.5, 0.6) is 11.5 Å². The third kappa shape index (κ3) is 2.74. The molecule has 0 radical (unpaired) electrons. The van der Waals surface area contributed by atoms with Gasteiger partial charge in [-0.2, -0.15) is 0 Å². The van der Waals surface area contributed by atoms with E-state index in [4.69, 9.17) is 21.1 Å². The summed E-state index contributed by atoms with van der Waals surface area (Å²) in [6.45, 7) is 4.01. The largest absolute Gasteiger partial charge is 0.483 e. The van der Waals surface area contributed by atoms with Crippen LogP contribution in [0.4, 0.5) is 0 Å². The van der Waals surface area contributed by atoms with Crippen LogP contribution in [0.3, 0.4) is 0 Å². The molecule has 0 unspecified atom stereocenters. The molecule has 3 nitrogen and oxygen atoms in total. The maximum Gasteiger partial charge on any atom is 0.345 e. The highest BCUT2D eigenvalue weighted by molar-refractivity contribution is 6.33. The number of halogens is 1. The van der Waals surface area contributed by atoms with Crippen LogP contribution in [-0.2, 0) is 6.42 Å². The van der Waals surface area contributed by atoms with Gasteiger partial charge in [0.05, 0.1) is 10.6 Å². The SMILES string of the molecule is CC1(C)Cc2cccc(OC(=O)c3ccccc3Cl)c2O1. The topological polar surface area (TPSA) is 35.5 Å². The third-order valence-corrected chi connectivity index (χ3v) is 3.68. The van der Waals surface area contributed by atoms with E-state index in [1.807, 2.05) is 26.0 Å². The normalized spacial score (nSPS) is 15.2. The Morgan fingerprint density at radius 2 is 1.95 bits per heavy atom. The lowest BCUT2D eigenvalue weighted by atomic mass is 10.0. The molecule has 0 N–H and O–H groups in total. The number of rotatable bonds is 2. The first-order valence-electron chi connectivity index (χ1n) is 6.74. The molecule has 2 aromatic carbocycles. The van der Waals surface area contributed by atoms with Crippen molar-refractivity contribution in [3.05, 3.63) is 58.6 Å². The van der Waals surface area contributed by atoms with E-state index in [-0.39, 0.29) is 5.60 Å². The minimum Gasteiger partial charge on any atom is -0.483 e. The molecule has 1 heterocycles. The van der Waals surface area contributed by atoms with Crippen molar-refractivity contribution < 1.29 is 14.3 Å². The van der Waals surface area contributed by atoms with E-state index in [1.54, 1.807) is 30.3 Å². The molecule has 0 bridgehead atoms. The minimum atomic E-state index is -0.484. The number of esters is 1. The highest BCUT2D eigenvalue weighted by Gasteiger charge is 2.32. The van der Waals surface area contributed by atoms with E-state index in [0.29, 0.717) is 22.1 Å². The molecule has 108 valence electrons. The first-order valence-corrected chi connectivity index (χ1v) is 7.12. The average molecular weight is 303 g/mol. The second kappa shape index (κ2) is 5.08. The molecular formula is C17H15ClO3. The number of para-hydroxylation sites is 1. The van der Waals surface area contributed by atoms with Crippen LogP contribution in [0.1, 0.15) is 29.8 Å². The average Bonchev–Trinajstić information content (AvgIpc) is 2.74. The Labute approximate surface area is 128 Å². The molecule has 0 aliphatic carbocycles. The smallest absolute Gasteiger partial charge is 0.345 e. The molecular weight excluding hydrogens is 288 g/mol. The maximum absolute atomic E-state index is 12.2. The fraction of sp³-hybridized carbons (Fsp3) is 0.235. The molecule has 4 heteroatoms. The van der Waals surface area contributed by atoms with Crippen molar-refractivity contribution in [2.45, 2.75) is 25.9 Å². The van der Waals surface area contributed by atoms with Crippen molar-refractivity contribution in [2.24, 2.45) is 0 Å². The minimum absolute atomic E-state index is 0.283. The Hall–Kier alpha value is -2.00. The number of hydrogen-bond acceptors (Lipinski definition) is 3. The fourth-order valence-electron chi connectivity index (χ4n) is 2.45. The molecule has 1 aliphatic heterocycles. The lowest BCUT2D eigenvalue weighted by molar-refractivity contribution is 0.0716. The monoisotopic (exact) mass is 302 g/mol. The zero-order chi connectivity index (χ0) is 15.0. The van der Waals surface area contributed by atoms with Gasteiger partial charge in [-0.25, -0.2) is 4.79 Å². The standard InChI is InChI=1S/C17H15ClO3/c1-17(2)10-11-6-5-9-14(15(11)21-17)20-16(19)12-7-3-4-8-13(12)18/h3-9H,10H2,1-2H3. The summed E-state index contributed by atoms with van der Waals surface area (Å²) < 4.78 is 11.4. The zero-order valence-electron chi connectivity index (χ0n) is 11.9. The quantitative estimate of drug-likeness (QED) is 0.614. The zero-order valence-corrected chi connectivity index (χ0v) is 12.6. The Morgan fingerprint density at radius 3 is 2.71 bits per heavy atom. The Bertz CT molecular complexity index is 707. The van der Waals surface area contributed by atoms with Crippen molar-refractivity contribution in [2.75, 3.05) is 0 Å². The Morgan fingerprint density at radius 1 is 1.19 bits per heavy atom. The number of carbonyl (C=O) groups is 1. The van der Waals surface area contributed by atoms with E-state index < -0.39 is 5.97 Å². The van der Waals surface area contributed by atoms with Crippen molar-refractivity contribution in [3.8, 4) is 11.5 Å². The van der Waals surface area contributed by atoms with Gasteiger partial charge in [0.25, 0.3) is 0 Å². The summed E-state index contributed by atoms with van der Waals surface area (Å²) in [4.78, 5) is 12.2. The van der Waals surface area contributed by atoms with E-state index in [0.717, 1.165) is 12.0 Å². The van der Waals surface area contributed by atoms with Crippen LogP contribution in [0, 0.1) is 0 Å². The van der Waals surface area contributed by atoms with E-state index in [9.17, 15) is 4.79 Å². The van der Waals surface area contributed by atoms with Crippen LogP contribution in [0.25, 0.3) is 0 Å². The summed E-state index contributed by atoms with van der Waals surface area (Å²) in [5.41, 5.74) is 1.10. The lowest BCUT2D eigenvalue weighted by Crippen LogP contribution is -2.24. The van der Waals surface area contributed by atoms with Crippen molar-refractivity contribution in [1.29, 1.82) is 0 Å². The van der Waals surface area contributed by atoms with E-state index >= 15 is 0 Å². The summed E-state index contributed by atoms with van der Waals surface area (Å²) in [6.07, 6.45) is 0.791. The van der Waals surface area contributed by atoms with Gasteiger partial charge >= 0.3 is 5.97 Å². The van der Waals surface area contributed by atoms with Crippen LogP contribution in [0.2, 0.25) is 5.02 Å². The Balaban J connectivity index is 1.89. The number of ether oxygens (including phenoxy) is 2. The van der Waals surface area contributed by atoms with Gasteiger partial charge in [0.2, 0.25) is 0 Å².